The van der Waals surface area contributed by atoms with Crippen molar-refractivity contribution in [1.29, 1.82) is 0 Å². The quantitative estimate of drug-likeness (QED) is 0.454. The Labute approximate surface area is 186 Å². The summed E-state index contributed by atoms with van der Waals surface area (Å²) < 4.78 is 5.50. The van der Waals surface area contributed by atoms with E-state index in [0.717, 1.165) is 0 Å². The summed E-state index contributed by atoms with van der Waals surface area (Å²) in [7, 11) is 0. The molecule has 164 valence electrons. The van der Waals surface area contributed by atoms with Gasteiger partial charge in [-0.2, -0.15) is 4.89 Å². The molecule has 2 N–H and O–H groups in total. The van der Waals surface area contributed by atoms with Crippen molar-refractivity contribution >= 4 is 22.5 Å². The maximum Gasteiger partial charge on any atom is 0.344 e. The van der Waals surface area contributed by atoms with Gasteiger partial charge >= 0.3 is 11.6 Å². The van der Waals surface area contributed by atoms with Gasteiger partial charge in [0.2, 0.25) is 5.78 Å². The molecule has 0 radical (unpaired) electrons. The number of carboxylic acids is 1. The van der Waals surface area contributed by atoms with Gasteiger partial charge in [0, 0.05) is 5.39 Å². The average molecular weight is 444 g/mol. The third kappa shape index (κ3) is 3.42. The standard InChI is InChI=1S/C25H16O8/c26-20-15-5-1-2-6-16(15)25(30)31-22(20)19(13-9-11-14(12-10-13)24(28)29)23-21(27)17-7-3-4-8-18(17)32-33-23/h1-12,19,23,26H,(H,28,29). The molecule has 1 aromatic heterocycles. The monoisotopic (exact) mass is 444 g/mol. The molecule has 33 heavy (non-hydrogen) atoms. The van der Waals surface area contributed by atoms with Crippen LogP contribution in [0.4, 0.5) is 0 Å². The lowest BCUT2D eigenvalue weighted by molar-refractivity contribution is -0.239. The van der Waals surface area contributed by atoms with E-state index >= 15 is 0 Å². The Bertz CT molecular complexity index is 1450. The molecule has 4 aromatic rings. The van der Waals surface area contributed by atoms with Crippen LogP contribution in [0.15, 0.2) is 82.0 Å². The number of carbonyl (C=O) groups is 2. The summed E-state index contributed by atoms with van der Waals surface area (Å²) in [5.41, 5.74) is -0.0205. The molecule has 8 heteroatoms. The lowest BCUT2D eigenvalue weighted by Crippen LogP contribution is -2.37. The summed E-state index contributed by atoms with van der Waals surface area (Å²) in [5, 5.41) is 20.7. The predicted molar refractivity (Wildman–Crippen MR) is 116 cm³/mol. The van der Waals surface area contributed by atoms with E-state index in [1.807, 2.05) is 0 Å². The molecule has 0 aliphatic carbocycles. The highest BCUT2D eigenvalue weighted by Crippen LogP contribution is 2.41. The molecule has 0 saturated carbocycles. The van der Waals surface area contributed by atoms with Crippen molar-refractivity contribution in [1.82, 2.24) is 0 Å². The van der Waals surface area contributed by atoms with Crippen LogP contribution in [0.1, 0.15) is 38.0 Å². The Morgan fingerprint density at radius 3 is 2.27 bits per heavy atom. The van der Waals surface area contributed by atoms with Gasteiger partial charge in [-0.25, -0.2) is 9.59 Å². The van der Waals surface area contributed by atoms with Crippen LogP contribution < -0.4 is 10.5 Å². The van der Waals surface area contributed by atoms with E-state index in [2.05, 4.69) is 0 Å². The maximum absolute atomic E-state index is 13.3. The fourth-order valence-electron chi connectivity index (χ4n) is 3.96. The van der Waals surface area contributed by atoms with Crippen LogP contribution in [0.25, 0.3) is 10.8 Å². The zero-order valence-corrected chi connectivity index (χ0v) is 16.9. The van der Waals surface area contributed by atoms with E-state index in [-0.39, 0.29) is 39.2 Å². The molecule has 2 unspecified atom stereocenters. The second-order valence-electron chi connectivity index (χ2n) is 7.51. The Morgan fingerprint density at radius 2 is 1.55 bits per heavy atom. The smallest absolute Gasteiger partial charge is 0.344 e. The minimum atomic E-state index is -1.31. The van der Waals surface area contributed by atoms with Crippen LogP contribution in [0.2, 0.25) is 0 Å². The number of carbonyl (C=O) groups excluding carboxylic acids is 1. The van der Waals surface area contributed by atoms with Gasteiger partial charge in [0.15, 0.2) is 23.4 Å². The number of hydrogen-bond acceptors (Lipinski definition) is 7. The number of fused-ring (bicyclic) bond motifs is 2. The fraction of sp³-hybridized carbons (Fsp3) is 0.0800. The Hall–Kier alpha value is -4.43. The van der Waals surface area contributed by atoms with Crippen LogP contribution in [0.5, 0.6) is 11.5 Å². The first-order chi connectivity index (χ1) is 16.0. The number of ketones is 1. The van der Waals surface area contributed by atoms with Crippen molar-refractivity contribution < 1.29 is 34.0 Å². The highest BCUT2D eigenvalue weighted by atomic mass is 17.2. The van der Waals surface area contributed by atoms with Crippen LogP contribution in [0, 0.1) is 0 Å². The number of para-hydroxylation sites is 1. The molecule has 0 bridgehead atoms. The molecule has 3 aromatic carbocycles. The first kappa shape index (κ1) is 20.5. The van der Waals surface area contributed by atoms with E-state index < -0.39 is 29.4 Å². The molecule has 2 atom stereocenters. The summed E-state index contributed by atoms with van der Waals surface area (Å²) in [5.74, 6) is -2.95. The number of rotatable bonds is 4. The first-order valence-corrected chi connectivity index (χ1v) is 10.00. The normalized spacial score (nSPS) is 16.1. The van der Waals surface area contributed by atoms with Crippen molar-refractivity contribution in [2.75, 3.05) is 0 Å². The third-order valence-electron chi connectivity index (χ3n) is 5.59. The second-order valence-corrected chi connectivity index (χ2v) is 7.51. The van der Waals surface area contributed by atoms with E-state index in [4.69, 9.17) is 14.2 Å². The van der Waals surface area contributed by atoms with Crippen molar-refractivity contribution in [3.63, 3.8) is 0 Å². The van der Waals surface area contributed by atoms with Crippen molar-refractivity contribution in [2.24, 2.45) is 0 Å². The van der Waals surface area contributed by atoms with Gasteiger partial charge < -0.3 is 19.5 Å². The first-order valence-electron chi connectivity index (χ1n) is 10.00. The zero-order valence-electron chi connectivity index (χ0n) is 16.9. The topological polar surface area (TPSA) is 123 Å². The summed E-state index contributed by atoms with van der Waals surface area (Å²) in [6, 6.07) is 18.5. The van der Waals surface area contributed by atoms with E-state index in [9.17, 15) is 24.6 Å². The molecule has 0 spiro atoms. The number of carboxylic acid groups (broad SMARTS) is 1. The van der Waals surface area contributed by atoms with Gasteiger partial charge in [-0.1, -0.05) is 42.5 Å². The number of benzene rings is 3. The molecule has 0 amide bonds. The highest BCUT2D eigenvalue weighted by Gasteiger charge is 2.42. The molecule has 8 nitrogen and oxygen atoms in total. The summed E-state index contributed by atoms with van der Waals surface area (Å²) >= 11 is 0. The van der Waals surface area contributed by atoms with Crippen molar-refractivity contribution in [2.45, 2.75) is 12.0 Å². The van der Waals surface area contributed by atoms with Crippen LogP contribution in [0.3, 0.4) is 0 Å². The lowest BCUT2D eigenvalue weighted by Gasteiger charge is -2.29. The predicted octanol–water partition coefficient (Wildman–Crippen LogP) is 3.90. The minimum absolute atomic E-state index is 0.0270. The molecule has 0 saturated heterocycles. The second kappa shape index (κ2) is 7.92. The summed E-state index contributed by atoms with van der Waals surface area (Å²) in [4.78, 5) is 48.1. The lowest BCUT2D eigenvalue weighted by atomic mass is 9.85. The average Bonchev–Trinajstić information content (AvgIpc) is 2.84. The van der Waals surface area contributed by atoms with Crippen molar-refractivity contribution in [3.05, 3.63) is 106 Å². The highest BCUT2D eigenvalue weighted by molar-refractivity contribution is 6.03. The van der Waals surface area contributed by atoms with E-state index in [1.54, 1.807) is 42.5 Å². The van der Waals surface area contributed by atoms with E-state index in [1.165, 1.54) is 30.3 Å². The van der Waals surface area contributed by atoms with Gasteiger partial charge in [0.25, 0.3) is 0 Å². The van der Waals surface area contributed by atoms with Crippen LogP contribution in [-0.4, -0.2) is 28.1 Å². The van der Waals surface area contributed by atoms with Gasteiger partial charge in [-0.05, 0) is 35.9 Å². The molecule has 2 heterocycles. The SMILES string of the molecule is O=C(O)c1ccc(C(c2oc(=O)c3ccccc3c2O)C2OOc3ccccc3C2=O)cc1. The van der Waals surface area contributed by atoms with Gasteiger partial charge in [-0.15, -0.1) is 0 Å². The molecule has 1 aliphatic heterocycles. The van der Waals surface area contributed by atoms with Gasteiger partial charge in [-0.3, -0.25) is 4.79 Å². The molecule has 1 aliphatic rings. The third-order valence-corrected chi connectivity index (χ3v) is 5.59. The van der Waals surface area contributed by atoms with Crippen molar-refractivity contribution in [3.8, 4) is 11.5 Å². The number of aromatic hydroxyl groups is 1. The Balaban J connectivity index is 1.72. The minimum Gasteiger partial charge on any atom is -0.504 e. The Morgan fingerprint density at radius 1 is 0.879 bits per heavy atom. The molecule has 5 rings (SSSR count). The van der Waals surface area contributed by atoms with Gasteiger partial charge in [0.05, 0.1) is 22.4 Å². The van der Waals surface area contributed by atoms with Crippen LogP contribution >= 0.6 is 0 Å². The number of Topliss-reactive ketones (excluding diaryl/α,β-unsaturated/α-hetero) is 1. The molecule has 0 fully saturated rings. The number of aromatic carboxylic acids is 1. The number of hydrogen-bond donors (Lipinski definition) is 2. The van der Waals surface area contributed by atoms with E-state index in [0.29, 0.717) is 5.56 Å². The molecular formula is C25H16O8. The summed E-state index contributed by atoms with van der Waals surface area (Å²) in [6.45, 7) is 0. The van der Waals surface area contributed by atoms with Crippen LogP contribution in [-0.2, 0) is 4.89 Å². The largest absolute Gasteiger partial charge is 0.504 e. The Kier molecular flexibility index (Phi) is 4.91. The summed E-state index contributed by atoms with van der Waals surface area (Å²) in [6.07, 6.45) is -1.31. The fourth-order valence-corrected chi connectivity index (χ4v) is 3.96. The van der Waals surface area contributed by atoms with Gasteiger partial charge in [0.1, 0.15) is 0 Å². The maximum atomic E-state index is 13.3. The zero-order chi connectivity index (χ0) is 23.1. The molecular weight excluding hydrogens is 428 g/mol.